The maximum atomic E-state index is 12.6. The topological polar surface area (TPSA) is 90.5 Å². The lowest BCUT2D eigenvalue weighted by atomic mass is 9.95. The molecule has 2 aliphatic heterocycles. The van der Waals surface area contributed by atoms with Gasteiger partial charge in [0.25, 0.3) is 5.91 Å². The molecule has 1 atom stereocenters. The van der Waals surface area contributed by atoms with Crippen molar-refractivity contribution in [2.45, 2.75) is 24.8 Å². The summed E-state index contributed by atoms with van der Waals surface area (Å²) in [4.78, 5) is 35.3. The number of hydrogen-bond donors (Lipinski definition) is 2. The van der Waals surface area contributed by atoms with E-state index in [1.807, 2.05) is 24.3 Å². The third kappa shape index (κ3) is 5.47. The molecule has 2 aromatic rings. The average Bonchev–Trinajstić information content (AvgIpc) is 3.07. The quantitative estimate of drug-likeness (QED) is 0.462. The van der Waals surface area contributed by atoms with Crippen LogP contribution in [0.1, 0.15) is 18.7 Å². The van der Waals surface area contributed by atoms with Gasteiger partial charge in [0.2, 0.25) is 0 Å². The highest BCUT2D eigenvalue weighted by atomic mass is 35.5. The third-order valence-corrected chi connectivity index (χ3v) is 7.17. The molecule has 4 rings (SSSR count). The van der Waals surface area contributed by atoms with E-state index in [0.717, 1.165) is 42.7 Å². The Balaban J connectivity index is 1.30. The van der Waals surface area contributed by atoms with Crippen LogP contribution in [0, 0.1) is 0 Å². The molecule has 31 heavy (non-hydrogen) atoms. The molecule has 0 saturated carbocycles. The standard InChI is InChI=1S/C21H25ClN6O2S/c22-16-4-6-17(7-5-16)27-11-13-28(14-12-27)31-15-21(19(29)25-20(30)26-21)8-1-3-18-23-9-2-10-24-18/h2,4-7,9-10H,1,3,8,11-15H2,(H2,25,26,29,30). The summed E-state index contributed by atoms with van der Waals surface area (Å²) in [6.45, 7) is 3.53. The lowest BCUT2D eigenvalue weighted by Crippen LogP contribution is -2.51. The van der Waals surface area contributed by atoms with Crippen molar-refractivity contribution in [1.82, 2.24) is 24.9 Å². The van der Waals surface area contributed by atoms with Crippen molar-refractivity contribution in [2.75, 3.05) is 36.8 Å². The molecular formula is C21H25ClN6O2S. The zero-order valence-electron chi connectivity index (χ0n) is 17.1. The second-order valence-corrected chi connectivity index (χ2v) is 9.17. The number of aryl methyl sites for hydroxylation is 1. The summed E-state index contributed by atoms with van der Waals surface area (Å²) in [5, 5.41) is 6.01. The van der Waals surface area contributed by atoms with Crippen LogP contribution in [-0.2, 0) is 11.2 Å². The SMILES string of the molecule is O=C1NC(=O)C(CCCc2ncccn2)(CSN2CCN(c3ccc(Cl)cc3)CC2)N1. The fourth-order valence-corrected chi connectivity index (χ4v) is 5.11. The maximum Gasteiger partial charge on any atom is 0.322 e. The van der Waals surface area contributed by atoms with Crippen LogP contribution >= 0.6 is 23.5 Å². The maximum absolute atomic E-state index is 12.6. The highest BCUT2D eigenvalue weighted by Crippen LogP contribution is 2.27. The number of nitrogens with one attached hydrogen (secondary N) is 2. The van der Waals surface area contributed by atoms with E-state index in [2.05, 4.69) is 29.8 Å². The fraction of sp³-hybridized carbons (Fsp3) is 0.429. The number of rotatable bonds is 8. The Morgan fingerprint density at radius 3 is 2.42 bits per heavy atom. The summed E-state index contributed by atoms with van der Waals surface area (Å²) in [5.41, 5.74) is 0.264. The Hall–Kier alpha value is -2.36. The summed E-state index contributed by atoms with van der Waals surface area (Å²) in [7, 11) is 0. The number of imide groups is 1. The van der Waals surface area contributed by atoms with Gasteiger partial charge < -0.3 is 10.2 Å². The number of carbonyl (C=O) groups excluding carboxylic acids is 2. The molecule has 1 unspecified atom stereocenters. The van der Waals surface area contributed by atoms with Gasteiger partial charge >= 0.3 is 6.03 Å². The molecule has 2 saturated heterocycles. The highest BCUT2D eigenvalue weighted by molar-refractivity contribution is 7.97. The number of piperazine rings is 1. The van der Waals surface area contributed by atoms with Gasteiger partial charge in [0.15, 0.2) is 0 Å². The minimum Gasteiger partial charge on any atom is -0.369 e. The van der Waals surface area contributed by atoms with Gasteiger partial charge in [0.1, 0.15) is 11.4 Å². The Kier molecular flexibility index (Phi) is 6.94. The molecule has 0 bridgehead atoms. The number of anilines is 1. The Morgan fingerprint density at radius 2 is 1.77 bits per heavy atom. The zero-order valence-corrected chi connectivity index (χ0v) is 18.7. The number of urea groups is 1. The van der Waals surface area contributed by atoms with Crippen LogP contribution in [-0.4, -0.2) is 63.7 Å². The predicted octanol–water partition coefficient (Wildman–Crippen LogP) is 2.50. The monoisotopic (exact) mass is 460 g/mol. The van der Waals surface area contributed by atoms with Crippen LogP contribution in [0.25, 0.3) is 0 Å². The van der Waals surface area contributed by atoms with Crippen LogP contribution in [0.15, 0.2) is 42.7 Å². The van der Waals surface area contributed by atoms with Gasteiger partial charge in [-0.3, -0.25) is 10.1 Å². The molecule has 3 heterocycles. The fourth-order valence-electron chi connectivity index (χ4n) is 3.81. The van der Waals surface area contributed by atoms with E-state index >= 15 is 0 Å². The first-order valence-electron chi connectivity index (χ1n) is 10.3. The molecule has 0 spiro atoms. The summed E-state index contributed by atoms with van der Waals surface area (Å²) in [5.74, 6) is 0.994. The lowest BCUT2D eigenvalue weighted by Gasteiger charge is -2.37. The number of hydrogen-bond acceptors (Lipinski definition) is 7. The van der Waals surface area contributed by atoms with E-state index < -0.39 is 11.6 Å². The first-order valence-corrected chi connectivity index (χ1v) is 11.6. The second kappa shape index (κ2) is 9.84. The molecule has 2 fully saturated rings. The van der Waals surface area contributed by atoms with Gasteiger partial charge in [-0.25, -0.2) is 19.1 Å². The molecule has 0 radical (unpaired) electrons. The molecule has 2 aliphatic rings. The minimum absolute atomic E-state index is 0.251. The zero-order chi connectivity index (χ0) is 21.7. The van der Waals surface area contributed by atoms with Crippen molar-refractivity contribution in [3.63, 3.8) is 0 Å². The molecule has 1 aromatic carbocycles. The Morgan fingerprint density at radius 1 is 1.06 bits per heavy atom. The van der Waals surface area contributed by atoms with Crippen molar-refractivity contribution < 1.29 is 9.59 Å². The number of carbonyl (C=O) groups is 2. The van der Waals surface area contributed by atoms with Gasteiger partial charge in [0.05, 0.1) is 0 Å². The van der Waals surface area contributed by atoms with Gasteiger partial charge in [-0.2, -0.15) is 0 Å². The van der Waals surface area contributed by atoms with E-state index in [1.165, 1.54) is 0 Å². The third-order valence-electron chi connectivity index (χ3n) is 5.56. The van der Waals surface area contributed by atoms with Gasteiger partial charge in [-0.1, -0.05) is 23.5 Å². The summed E-state index contributed by atoms with van der Waals surface area (Å²) in [6, 6.07) is 9.24. The van der Waals surface area contributed by atoms with E-state index in [0.29, 0.717) is 25.0 Å². The summed E-state index contributed by atoms with van der Waals surface area (Å²) in [6.07, 6.45) is 5.34. The molecule has 10 heteroatoms. The van der Waals surface area contributed by atoms with Gasteiger partial charge in [0, 0.05) is 61.5 Å². The van der Waals surface area contributed by atoms with Crippen LogP contribution < -0.4 is 15.5 Å². The second-order valence-electron chi connectivity index (χ2n) is 7.67. The first-order chi connectivity index (χ1) is 15.0. The number of benzene rings is 1. The number of nitrogens with zero attached hydrogens (tertiary/aromatic N) is 4. The van der Waals surface area contributed by atoms with Gasteiger partial charge in [-0.15, -0.1) is 0 Å². The van der Waals surface area contributed by atoms with Crippen LogP contribution in [0.3, 0.4) is 0 Å². The first kappa shape index (κ1) is 21.9. The Labute approximate surface area is 190 Å². The number of halogens is 1. The normalized spacial score (nSPS) is 21.8. The van der Waals surface area contributed by atoms with Crippen molar-refractivity contribution >= 4 is 41.2 Å². The van der Waals surface area contributed by atoms with Crippen LogP contribution in [0.5, 0.6) is 0 Å². The predicted molar refractivity (Wildman–Crippen MR) is 122 cm³/mol. The van der Waals surface area contributed by atoms with E-state index in [9.17, 15) is 9.59 Å². The van der Waals surface area contributed by atoms with Crippen LogP contribution in [0.4, 0.5) is 10.5 Å². The summed E-state index contributed by atoms with van der Waals surface area (Å²) < 4.78 is 2.27. The van der Waals surface area contributed by atoms with E-state index in [1.54, 1.807) is 30.4 Å². The van der Waals surface area contributed by atoms with Gasteiger partial charge in [-0.05, 0) is 43.2 Å². The van der Waals surface area contributed by atoms with Crippen molar-refractivity contribution in [3.8, 4) is 0 Å². The molecule has 1 aromatic heterocycles. The Bertz CT molecular complexity index is 908. The lowest BCUT2D eigenvalue weighted by molar-refractivity contribution is -0.123. The van der Waals surface area contributed by atoms with Crippen LogP contribution in [0.2, 0.25) is 5.02 Å². The molecule has 3 amide bonds. The highest BCUT2D eigenvalue weighted by Gasteiger charge is 2.46. The minimum atomic E-state index is -0.899. The van der Waals surface area contributed by atoms with Crippen molar-refractivity contribution in [2.24, 2.45) is 0 Å². The van der Waals surface area contributed by atoms with Crippen molar-refractivity contribution in [1.29, 1.82) is 0 Å². The number of amides is 3. The largest absolute Gasteiger partial charge is 0.369 e. The molecular weight excluding hydrogens is 436 g/mol. The molecule has 0 aliphatic carbocycles. The average molecular weight is 461 g/mol. The molecule has 164 valence electrons. The van der Waals surface area contributed by atoms with E-state index in [-0.39, 0.29) is 5.91 Å². The molecule has 8 nitrogen and oxygen atoms in total. The van der Waals surface area contributed by atoms with E-state index in [4.69, 9.17) is 11.6 Å². The summed E-state index contributed by atoms with van der Waals surface area (Å²) >= 11 is 7.61. The van der Waals surface area contributed by atoms with Crippen molar-refractivity contribution in [3.05, 3.63) is 53.6 Å². The smallest absolute Gasteiger partial charge is 0.322 e. The number of aromatic nitrogens is 2. The molecule has 2 N–H and O–H groups in total.